The lowest BCUT2D eigenvalue weighted by Gasteiger charge is -2.09. The number of hydrogen-bond acceptors (Lipinski definition) is 4. The minimum atomic E-state index is 0.605. The molecule has 0 spiro atoms. The summed E-state index contributed by atoms with van der Waals surface area (Å²) in [5.74, 6) is 0.732. The van der Waals surface area contributed by atoms with Crippen LogP contribution in [0.25, 0.3) is 5.69 Å². The molecule has 90 valence electrons. The van der Waals surface area contributed by atoms with Gasteiger partial charge in [-0.05, 0) is 19.2 Å². The first-order valence-electron chi connectivity index (χ1n) is 5.14. The van der Waals surface area contributed by atoms with E-state index in [-0.39, 0.29) is 0 Å². The van der Waals surface area contributed by atoms with Crippen LogP contribution >= 0.6 is 11.6 Å². The Labute approximate surface area is 104 Å². The van der Waals surface area contributed by atoms with E-state index in [1.165, 1.54) is 0 Å². The minimum Gasteiger partial charge on any atom is -0.497 e. The fourth-order valence-electron chi connectivity index (χ4n) is 1.54. The van der Waals surface area contributed by atoms with Gasteiger partial charge in [0, 0.05) is 12.6 Å². The molecule has 1 heterocycles. The third-order valence-electron chi connectivity index (χ3n) is 2.36. The largest absolute Gasteiger partial charge is 0.497 e. The predicted octanol–water partition coefficient (Wildman–Crippen LogP) is 1.65. The van der Waals surface area contributed by atoms with E-state index in [0.717, 1.165) is 17.1 Å². The molecule has 1 N–H and O–H groups in total. The van der Waals surface area contributed by atoms with Crippen LogP contribution in [0.1, 0.15) is 5.69 Å². The molecule has 2 rings (SSSR count). The van der Waals surface area contributed by atoms with E-state index in [0.29, 0.717) is 11.6 Å². The molecule has 0 aliphatic rings. The zero-order chi connectivity index (χ0) is 12.3. The Hall–Kier alpha value is -1.59. The van der Waals surface area contributed by atoms with Crippen molar-refractivity contribution >= 4 is 11.6 Å². The van der Waals surface area contributed by atoms with Crippen molar-refractivity contribution in [2.75, 3.05) is 14.2 Å². The monoisotopic (exact) mass is 252 g/mol. The summed E-state index contributed by atoms with van der Waals surface area (Å²) in [7, 11) is 3.48. The summed E-state index contributed by atoms with van der Waals surface area (Å²) in [6, 6.07) is 5.41. The van der Waals surface area contributed by atoms with Crippen molar-refractivity contribution in [3.05, 3.63) is 35.1 Å². The minimum absolute atomic E-state index is 0.605. The van der Waals surface area contributed by atoms with Crippen LogP contribution in [0.2, 0.25) is 5.02 Å². The van der Waals surface area contributed by atoms with E-state index in [4.69, 9.17) is 16.3 Å². The predicted molar refractivity (Wildman–Crippen MR) is 65.7 cm³/mol. The van der Waals surface area contributed by atoms with Gasteiger partial charge in [-0.25, -0.2) is 4.68 Å². The highest BCUT2D eigenvalue weighted by Gasteiger charge is 2.10. The standard InChI is InChI=1S/C11H13ClN4O/c1-13-6-8-7-14-15-16(8)11-5-9(17-2)3-4-10(11)12/h3-5,7,13H,6H2,1-2H3. The topological polar surface area (TPSA) is 52.0 Å². The third kappa shape index (κ3) is 2.40. The summed E-state index contributed by atoms with van der Waals surface area (Å²) in [5, 5.41) is 11.6. The molecule has 1 aromatic carbocycles. The molecule has 0 saturated carbocycles. The van der Waals surface area contributed by atoms with Gasteiger partial charge in [-0.3, -0.25) is 0 Å². The molecule has 0 bridgehead atoms. The highest BCUT2D eigenvalue weighted by atomic mass is 35.5. The van der Waals surface area contributed by atoms with Gasteiger partial charge in [0.25, 0.3) is 0 Å². The Morgan fingerprint density at radius 2 is 2.29 bits per heavy atom. The molecule has 5 nitrogen and oxygen atoms in total. The molecule has 2 aromatic rings. The summed E-state index contributed by atoms with van der Waals surface area (Å²) in [4.78, 5) is 0. The Morgan fingerprint density at radius 1 is 1.47 bits per heavy atom. The number of nitrogens with zero attached hydrogens (tertiary/aromatic N) is 3. The van der Waals surface area contributed by atoms with Crippen LogP contribution in [0.4, 0.5) is 0 Å². The Kier molecular flexibility index (Phi) is 3.61. The molecule has 1 aromatic heterocycles. The maximum atomic E-state index is 6.15. The number of nitrogens with one attached hydrogen (secondary N) is 1. The molecule has 6 heteroatoms. The summed E-state index contributed by atoms with van der Waals surface area (Å²) < 4.78 is 6.87. The van der Waals surface area contributed by atoms with Gasteiger partial charge in [-0.2, -0.15) is 0 Å². The average molecular weight is 253 g/mol. The summed E-state index contributed by atoms with van der Waals surface area (Å²) >= 11 is 6.15. The van der Waals surface area contributed by atoms with Gasteiger partial charge in [-0.1, -0.05) is 16.8 Å². The quantitative estimate of drug-likeness (QED) is 0.899. The normalized spacial score (nSPS) is 10.5. The number of hydrogen-bond donors (Lipinski definition) is 1. The van der Waals surface area contributed by atoms with Crippen LogP contribution in [0.3, 0.4) is 0 Å². The van der Waals surface area contributed by atoms with Crippen molar-refractivity contribution in [2.45, 2.75) is 6.54 Å². The van der Waals surface area contributed by atoms with Gasteiger partial charge >= 0.3 is 0 Å². The van der Waals surface area contributed by atoms with Crippen LogP contribution in [0, 0.1) is 0 Å². The van der Waals surface area contributed by atoms with Crippen LogP contribution in [0.5, 0.6) is 5.75 Å². The number of methoxy groups -OCH3 is 1. The van der Waals surface area contributed by atoms with Crippen molar-refractivity contribution in [1.29, 1.82) is 0 Å². The van der Waals surface area contributed by atoms with Crippen LogP contribution in [-0.4, -0.2) is 29.2 Å². The average Bonchev–Trinajstić information content (AvgIpc) is 2.78. The van der Waals surface area contributed by atoms with Crippen LogP contribution in [0.15, 0.2) is 24.4 Å². The lowest BCUT2D eigenvalue weighted by Crippen LogP contribution is -2.11. The zero-order valence-electron chi connectivity index (χ0n) is 9.64. The Bertz CT molecular complexity index is 512. The summed E-state index contributed by atoms with van der Waals surface area (Å²) in [6.45, 7) is 0.667. The van der Waals surface area contributed by atoms with Crippen LogP contribution in [-0.2, 0) is 6.54 Å². The second kappa shape index (κ2) is 5.16. The summed E-state index contributed by atoms with van der Waals surface area (Å²) in [6.07, 6.45) is 1.70. The second-order valence-corrected chi connectivity index (χ2v) is 3.89. The number of benzene rings is 1. The maximum absolute atomic E-state index is 6.15. The maximum Gasteiger partial charge on any atom is 0.121 e. The second-order valence-electron chi connectivity index (χ2n) is 3.48. The zero-order valence-corrected chi connectivity index (χ0v) is 10.4. The first-order valence-corrected chi connectivity index (χ1v) is 5.52. The van der Waals surface area contributed by atoms with Gasteiger partial charge in [0.15, 0.2) is 0 Å². The van der Waals surface area contributed by atoms with Gasteiger partial charge in [0.2, 0.25) is 0 Å². The molecule has 0 aliphatic carbocycles. The van der Waals surface area contributed by atoms with E-state index in [1.807, 2.05) is 13.1 Å². The molecule has 0 atom stereocenters. The lowest BCUT2D eigenvalue weighted by atomic mass is 10.3. The molecule has 0 saturated heterocycles. The van der Waals surface area contributed by atoms with E-state index >= 15 is 0 Å². The van der Waals surface area contributed by atoms with Crippen molar-refractivity contribution < 1.29 is 4.74 Å². The number of rotatable bonds is 4. The summed E-state index contributed by atoms with van der Waals surface area (Å²) in [5.41, 5.74) is 1.69. The van der Waals surface area contributed by atoms with E-state index in [1.54, 1.807) is 30.1 Å². The van der Waals surface area contributed by atoms with Crippen molar-refractivity contribution in [1.82, 2.24) is 20.3 Å². The highest BCUT2D eigenvalue weighted by Crippen LogP contribution is 2.25. The molecule has 17 heavy (non-hydrogen) atoms. The first-order chi connectivity index (χ1) is 8.26. The molecular weight excluding hydrogens is 240 g/mol. The molecule has 0 fully saturated rings. The number of aromatic nitrogens is 3. The highest BCUT2D eigenvalue weighted by molar-refractivity contribution is 6.32. The van der Waals surface area contributed by atoms with E-state index in [2.05, 4.69) is 15.6 Å². The fourth-order valence-corrected chi connectivity index (χ4v) is 1.74. The van der Waals surface area contributed by atoms with Gasteiger partial charge in [-0.15, -0.1) is 5.10 Å². The van der Waals surface area contributed by atoms with Crippen molar-refractivity contribution in [2.24, 2.45) is 0 Å². The van der Waals surface area contributed by atoms with Gasteiger partial charge in [0.05, 0.1) is 29.7 Å². The van der Waals surface area contributed by atoms with Gasteiger partial charge < -0.3 is 10.1 Å². The molecule has 0 aliphatic heterocycles. The SMILES string of the molecule is CNCc1cnnn1-c1cc(OC)ccc1Cl. The molecule has 0 unspecified atom stereocenters. The smallest absolute Gasteiger partial charge is 0.121 e. The van der Waals surface area contributed by atoms with E-state index < -0.39 is 0 Å². The van der Waals surface area contributed by atoms with Crippen LogP contribution < -0.4 is 10.1 Å². The molecular formula is C11H13ClN4O. The number of ether oxygens (including phenoxy) is 1. The first kappa shape index (κ1) is 11.9. The number of halogens is 1. The molecule has 0 radical (unpaired) electrons. The third-order valence-corrected chi connectivity index (χ3v) is 2.68. The Balaban J connectivity index is 2.47. The van der Waals surface area contributed by atoms with Crippen molar-refractivity contribution in [3.63, 3.8) is 0 Å². The van der Waals surface area contributed by atoms with Crippen molar-refractivity contribution in [3.8, 4) is 11.4 Å². The van der Waals surface area contributed by atoms with Gasteiger partial charge in [0.1, 0.15) is 5.75 Å². The Morgan fingerprint density at radius 3 is 3.00 bits per heavy atom. The lowest BCUT2D eigenvalue weighted by molar-refractivity contribution is 0.414. The molecule has 0 amide bonds. The van der Waals surface area contributed by atoms with E-state index in [9.17, 15) is 0 Å². The fraction of sp³-hybridized carbons (Fsp3) is 0.273.